The maximum atomic E-state index is 11.2. The molecule has 0 aromatic heterocycles. The summed E-state index contributed by atoms with van der Waals surface area (Å²) in [6.45, 7) is 5.69. The molecule has 0 bridgehead atoms. The highest BCUT2D eigenvalue weighted by Gasteiger charge is 2.03. The average Bonchev–Trinajstić information content (AvgIpc) is 2.20. The van der Waals surface area contributed by atoms with Gasteiger partial charge in [-0.2, -0.15) is 0 Å². The largest absolute Gasteiger partial charge is 0.285 e. The van der Waals surface area contributed by atoms with Gasteiger partial charge < -0.3 is 0 Å². The van der Waals surface area contributed by atoms with Crippen LogP contribution >= 0.6 is 0 Å². The smallest absolute Gasteiger partial charge is 0.208 e. The van der Waals surface area contributed by atoms with E-state index in [1.807, 2.05) is 0 Å². The van der Waals surface area contributed by atoms with Crippen LogP contribution in [0, 0.1) is 17.8 Å². The molecule has 0 rings (SSSR count). The Bertz CT molecular complexity index is 266. The molecule has 0 amide bonds. The lowest BCUT2D eigenvalue weighted by molar-refractivity contribution is -0.117. The summed E-state index contributed by atoms with van der Waals surface area (Å²) >= 11 is 0. The predicted molar refractivity (Wildman–Crippen MR) is 61.4 cm³/mol. The van der Waals surface area contributed by atoms with Crippen molar-refractivity contribution in [1.29, 1.82) is 0 Å². The van der Waals surface area contributed by atoms with E-state index in [9.17, 15) is 9.59 Å². The minimum absolute atomic E-state index is 0.106. The minimum Gasteiger partial charge on any atom is -0.285 e. The molecule has 0 saturated carbocycles. The summed E-state index contributed by atoms with van der Waals surface area (Å²) < 4.78 is 0. The van der Waals surface area contributed by atoms with Crippen LogP contribution in [0.5, 0.6) is 0 Å². The number of carbonyl (C=O) groups is 2. The fourth-order valence-electron chi connectivity index (χ4n) is 1.05. The summed E-state index contributed by atoms with van der Waals surface area (Å²) in [5.74, 6) is 4.41. The average molecular weight is 208 g/mol. The zero-order valence-corrected chi connectivity index (χ0v) is 9.93. The van der Waals surface area contributed by atoms with Crippen molar-refractivity contribution in [2.45, 2.75) is 52.9 Å². The first-order chi connectivity index (χ1) is 7.07. The van der Waals surface area contributed by atoms with Crippen LogP contribution in [0.4, 0.5) is 0 Å². The number of hydrogen-bond acceptors (Lipinski definition) is 2. The lowest BCUT2D eigenvalue weighted by Gasteiger charge is -1.95. The van der Waals surface area contributed by atoms with Crippen molar-refractivity contribution >= 4 is 11.6 Å². The van der Waals surface area contributed by atoms with Crippen LogP contribution in [0.3, 0.4) is 0 Å². The van der Waals surface area contributed by atoms with Gasteiger partial charge in [0.15, 0.2) is 0 Å². The molecule has 84 valence electrons. The van der Waals surface area contributed by atoms with Gasteiger partial charge in [-0.3, -0.25) is 9.59 Å². The number of hydrogen-bond donors (Lipinski definition) is 0. The summed E-state index contributed by atoms with van der Waals surface area (Å²) in [6.07, 6.45) is 4.76. The second-order valence-corrected chi connectivity index (χ2v) is 4.00. The van der Waals surface area contributed by atoms with Crippen LogP contribution in [0.1, 0.15) is 52.9 Å². The normalized spacial score (nSPS) is 9.60. The molecular weight excluding hydrogens is 188 g/mol. The number of ketones is 2. The molecule has 0 atom stereocenters. The molecule has 0 aromatic carbocycles. The molecule has 0 aliphatic rings. The Balaban J connectivity index is 3.78. The Morgan fingerprint density at radius 2 is 1.73 bits per heavy atom. The summed E-state index contributed by atoms with van der Waals surface area (Å²) in [7, 11) is 0. The molecule has 0 radical (unpaired) electrons. The van der Waals surface area contributed by atoms with E-state index in [1.54, 1.807) is 13.8 Å². The zero-order chi connectivity index (χ0) is 11.7. The molecule has 15 heavy (non-hydrogen) atoms. The van der Waals surface area contributed by atoms with E-state index in [4.69, 9.17) is 0 Å². The lowest BCUT2D eigenvalue weighted by atomic mass is 10.1. The third kappa shape index (κ3) is 7.93. The summed E-state index contributed by atoms with van der Waals surface area (Å²) in [6, 6.07) is 0. The van der Waals surface area contributed by atoms with Crippen molar-refractivity contribution in [2.75, 3.05) is 0 Å². The van der Waals surface area contributed by atoms with E-state index >= 15 is 0 Å². The molecular formula is C13H20O2. The maximum absolute atomic E-state index is 11.2. The fraction of sp³-hybridized carbons (Fsp3) is 0.692. The molecule has 0 aromatic rings. The number of unbranched alkanes of at least 4 members (excludes halogenated alkanes) is 3. The first-order valence-electron chi connectivity index (χ1n) is 5.66. The summed E-state index contributed by atoms with van der Waals surface area (Å²) in [5.41, 5.74) is 0. The van der Waals surface area contributed by atoms with Gasteiger partial charge in [-0.25, -0.2) is 0 Å². The molecule has 2 nitrogen and oxygen atoms in total. The number of rotatable bonds is 6. The second-order valence-electron chi connectivity index (χ2n) is 4.00. The molecule has 0 aliphatic heterocycles. The first kappa shape index (κ1) is 13.9. The van der Waals surface area contributed by atoms with Crippen molar-refractivity contribution in [1.82, 2.24) is 0 Å². The van der Waals surface area contributed by atoms with Crippen LogP contribution in [0.25, 0.3) is 0 Å². The fourth-order valence-corrected chi connectivity index (χ4v) is 1.05. The van der Waals surface area contributed by atoms with Crippen molar-refractivity contribution in [3.63, 3.8) is 0 Å². The molecule has 0 aliphatic carbocycles. The molecule has 0 fully saturated rings. The van der Waals surface area contributed by atoms with Crippen LogP contribution in [-0.4, -0.2) is 11.6 Å². The van der Waals surface area contributed by atoms with E-state index in [0.717, 1.165) is 25.7 Å². The highest BCUT2D eigenvalue weighted by molar-refractivity contribution is 6.05. The van der Waals surface area contributed by atoms with E-state index in [-0.39, 0.29) is 17.5 Å². The van der Waals surface area contributed by atoms with Gasteiger partial charge >= 0.3 is 0 Å². The van der Waals surface area contributed by atoms with E-state index < -0.39 is 0 Å². The summed E-state index contributed by atoms with van der Waals surface area (Å²) in [4.78, 5) is 22.3. The molecule has 0 N–H and O–H groups in total. The third-order valence-electron chi connectivity index (χ3n) is 2.11. The van der Waals surface area contributed by atoms with Gasteiger partial charge in [0.2, 0.25) is 11.6 Å². The predicted octanol–water partition coefficient (Wildman–Crippen LogP) is 2.75. The number of Topliss-reactive ketones (excluding diaryl/α,β-unsaturated/α-hetero) is 2. The van der Waals surface area contributed by atoms with Gasteiger partial charge in [-0.15, -0.1) is 0 Å². The third-order valence-corrected chi connectivity index (χ3v) is 2.11. The molecule has 0 saturated heterocycles. The van der Waals surface area contributed by atoms with E-state index in [1.165, 1.54) is 0 Å². The Labute approximate surface area is 92.4 Å². The first-order valence-corrected chi connectivity index (χ1v) is 5.66. The Morgan fingerprint density at radius 1 is 1.07 bits per heavy atom. The minimum atomic E-state index is -0.156. The lowest BCUT2D eigenvalue weighted by Crippen LogP contribution is -2.04. The van der Waals surface area contributed by atoms with Gasteiger partial charge in [0.1, 0.15) is 0 Å². The molecule has 0 unspecified atom stereocenters. The van der Waals surface area contributed by atoms with Crippen molar-refractivity contribution in [3.8, 4) is 11.8 Å². The molecule has 0 heterocycles. The van der Waals surface area contributed by atoms with Crippen molar-refractivity contribution < 1.29 is 9.59 Å². The van der Waals surface area contributed by atoms with E-state index in [2.05, 4.69) is 18.8 Å². The quantitative estimate of drug-likeness (QED) is 0.382. The standard InChI is InChI=1S/C13H20O2/c1-4-5-6-7-8-12(14)9-10-13(15)11(2)3/h11H,4-8H2,1-3H3. The van der Waals surface area contributed by atoms with Gasteiger partial charge in [-0.1, -0.05) is 40.0 Å². The molecule has 0 spiro atoms. The topological polar surface area (TPSA) is 34.1 Å². The van der Waals surface area contributed by atoms with Crippen LogP contribution < -0.4 is 0 Å². The Hall–Kier alpha value is -1.10. The van der Waals surface area contributed by atoms with E-state index in [0.29, 0.717) is 6.42 Å². The monoisotopic (exact) mass is 208 g/mol. The van der Waals surface area contributed by atoms with Crippen LogP contribution in [0.2, 0.25) is 0 Å². The highest BCUT2D eigenvalue weighted by Crippen LogP contribution is 2.02. The Kier molecular flexibility index (Phi) is 7.62. The van der Waals surface area contributed by atoms with Crippen molar-refractivity contribution in [2.24, 2.45) is 5.92 Å². The van der Waals surface area contributed by atoms with Gasteiger partial charge in [0, 0.05) is 12.3 Å². The van der Waals surface area contributed by atoms with Gasteiger partial charge in [0.05, 0.1) is 0 Å². The maximum Gasteiger partial charge on any atom is 0.208 e. The van der Waals surface area contributed by atoms with Crippen molar-refractivity contribution in [3.05, 3.63) is 0 Å². The van der Waals surface area contributed by atoms with Gasteiger partial charge in [-0.05, 0) is 18.3 Å². The Morgan fingerprint density at radius 3 is 2.27 bits per heavy atom. The number of carbonyl (C=O) groups excluding carboxylic acids is 2. The second kappa shape index (κ2) is 8.23. The van der Waals surface area contributed by atoms with Crippen LogP contribution in [0.15, 0.2) is 0 Å². The highest BCUT2D eigenvalue weighted by atomic mass is 16.1. The SMILES string of the molecule is CCCCCCC(=O)C#CC(=O)C(C)C. The summed E-state index contributed by atoms with van der Waals surface area (Å²) in [5, 5.41) is 0. The molecule has 2 heteroatoms. The van der Waals surface area contributed by atoms with Crippen LogP contribution in [-0.2, 0) is 9.59 Å². The van der Waals surface area contributed by atoms with Gasteiger partial charge in [0.25, 0.3) is 0 Å². The zero-order valence-electron chi connectivity index (χ0n) is 9.93.